The van der Waals surface area contributed by atoms with E-state index in [2.05, 4.69) is 0 Å². The maximum Gasteiger partial charge on any atom is 0.430 e. The first-order valence-electron chi connectivity index (χ1n) is 13.5. The second kappa shape index (κ2) is 12.8. The highest BCUT2D eigenvalue weighted by Gasteiger charge is 2.62. The van der Waals surface area contributed by atoms with E-state index in [0.717, 1.165) is 36.3 Å². The maximum atomic E-state index is 13.8. The summed E-state index contributed by atoms with van der Waals surface area (Å²) in [5, 5.41) is 20.5. The van der Waals surface area contributed by atoms with E-state index in [1.165, 1.54) is 18.2 Å². The van der Waals surface area contributed by atoms with Crippen molar-refractivity contribution in [2.24, 2.45) is 5.92 Å². The van der Waals surface area contributed by atoms with E-state index in [4.69, 9.17) is 16.3 Å². The van der Waals surface area contributed by atoms with Crippen LogP contribution in [0.3, 0.4) is 0 Å². The van der Waals surface area contributed by atoms with Gasteiger partial charge in [-0.3, -0.25) is 9.59 Å². The van der Waals surface area contributed by atoms with Crippen LogP contribution in [0.4, 0.5) is 13.2 Å². The molecule has 4 rings (SSSR count). The van der Waals surface area contributed by atoms with Gasteiger partial charge >= 0.3 is 6.18 Å². The van der Waals surface area contributed by atoms with E-state index in [9.17, 15) is 33.0 Å². The molecule has 2 saturated heterocycles. The van der Waals surface area contributed by atoms with E-state index < -0.39 is 29.4 Å². The number of hydrogen-bond acceptors (Lipinski definition) is 5. The number of β-amino-alcohol motifs (C(OH)–C–C–N with tert-alkyl or cyclic N) is 1. The number of benzene rings is 2. The van der Waals surface area contributed by atoms with E-state index in [1.807, 2.05) is 0 Å². The Morgan fingerprint density at radius 3 is 2.25 bits per heavy atom. The van der Waals surface area contributed by atoms with Crippen molar-refractivity contribution < 1.29 is 37.7 Å². The fourth-order valence-electron chi connectivity index (χ4n) is 5.32. The number of amides is 2. The fraction of sp³-hybridized carbons (Fsp3) is 0.517. The number of carbonyl (C=O) groups excluding carboxylic acids is 2. The van der Waals surface area contributed by atoms with Gasteiger partial charge in [0, 0.05) is 31.7 Å². The van der Waals surface area contributed by atoms with Crippen molar-refractivity contribution in [3.63, 3.8) is 0 Å². The standard InChI is InChI=1S/C29H34ClF3N2O5/c30-25-18-23(9-10-24(25)26(37)35-16-13-22(36)19-35)40-17-5-4-6-20-11-14-34(15-12-20)27(38)28(39,29(31,32)33)21-7-2-1-3-8-21/h1-3,7-10,18,20,22,36,39H,4-6,11-17,19H2/t22-,28-/m1/s1. The molecular formula is C29H34ClF3N2O5. The predicted molar refractivity (Wildman–Crippen MR) is 143 cm³/mol. The number of rotatable bonds is 9. The van der Waals surface area contributed by atoms with Crippen LogP contribution in [0, 0.1) is 5.92 Å². The number of likely N-dealkylation sites (tertiary alicyclic amines) is 2. The number of unbranched alkanes of at least 4 members (excludes halogenated alkanes) is 1. The Bertz CT molecular complexity index is 1170. The zero-order chi connectivity index (χ0) is 28.9. The molecule has 2 heterocycles. The molecule has 2 aromatic carbocycles. The number of halogens is 4. The summed E-state index contributed by atoms with van der Waals surface area (Å²) in [5.74, 6) is -0.736. The van der Waals surface area contributed by atoms with Crippen molar-refractivity contribution in [3.8, 4) is 5.75 Å². The molecule has 2 atom stereocenters. The molecule has 2 amide bonds. The second-order valence-electron chi connectivity index (χ2n) is 10.5. The molecule has 0 unspecified atom stereocenters. The van der Waals surface area contributed by atoms with Gasteiger partial charge in [-0.2, -0.15) is 13.2 Å². The van der Waals surface area contributed by atoms with E-state index >= 15 is 0 Å². The number of nitrogens with zero attached hydrogens (tertiary/aromatic N) is 2. The number of ether oxygens (including phenoxy) is 1. The van der Waals surface area contributed by atoms with Crippen LogP contribution in [0.15, 0.2) is 48.5 Å². The molecule has 0 saturated carbocycles. The number of carbonyl (C=O) groups is 2. The monoisotopic (exact) mass is 582 g/mol. The van der Waals surface area contributed by atoms with Crippen molar-refractivity contribution in [3.05, 3.63) is 64.7 Å². The van der Waals surface area contributed by atoms with Crippen molar-refractivity contribution in [2.45, 2.75) is 56.4 Å². The van der Waals surface area contributed by atoms with Crippen LogP contribution in [0.25, 0.3) is 0 Å². The van der Waals surface area contributed by atoms with Gasteiger partial charge in [-0.05, 0) is 56.2 Å². The summed E-state index contributed by atoms with van der Waals surface area (Å²) < 4.78 is 47.3. The number of aliphatic hydroxyl groups excluding tert-OH is 1. The summed E-state index contributed by atoms with van der Waals surface area (Å²) in [6.45, 7) is 1.55. The summed E-state index contributed by atoms with van der Waals surface area (Å²) in [7, 11) is 0. The van der Waals surface area contributed by atoms with Gasteiger partial charge in [0.05, 0.1) is 23.3 Å². The minimum Gasteiger partial charge on any atom is -0.494 e. The highest BCUT2D eigenvalue weighted by Crippen LogP contribution is 2.41. The molecule has 0 radical (unpaired) electrons. The lowest BCUT2D eigenvalue weighted by molar-refractivity contribution is -0.262. The zero-order valence-corrected chi connectivity index (χ0v) is 22.8. The third-order valence-corrected chi connectivity index (χ3v) is 8.02. The normalized spacial score (nSPS) is 19.9. The average Bonchev–Trinajstić information content (AvgIpc) is 3.38. The predicted octanol–water partition coefficient (Wildman–Crippen LogP) is 4.78. The number of aliphatic hydroxyl groups is 2. The summed E-state index contributed by atoms with van der Waals surface area (Å²) in [6, 6.07) is 11.4. The van der Waals surface area contributed by atoms with Crippen LogP contribution in [-0.2, 0) is 10.4 Å². The lowest BCUT2D eigenvalue weighted by atomic mass is 9.88. The molecule has 40 heavy (non-hydrogen) atoms. The van der Waals surface area contributed by atoms with Crippen LogP contribution in [0.1, 0.15) is 54.4 Å². The van der Waals surface area contributed by atoms with Gasteiger partial charge in [0.15, 0.2) is 0 Å². The van der Waals surface area contributed by atoms with Gasteiger partial charge in [-0.15, -0.1) is 0 Å². The number of hydrogen-bond donors (Lipinski definition) is 2. The lowest BCUT2D eigenvalue weighted by Gasteiger charge is -2.38. The summed E-state index contributed by atoms with van der Waals surface area (Å²) in [6.07, 6.45) is -1.51. The van der Waals surface area contributed by atoms with Gasteiger partial charge in [-0.25, -0.2) is 0 Å². The Balaban J connectivity index is 1.19. The quantitative estimate of drug-likeness (QED) is 0.415. The van der Waals surface area contributed by atoms with Gasteiger partial charge < -0.3 is 24.7 Å². The van der Waals surface area contributed by atoms with Crippen LogP contribution in [0.5, 0.6) is 5.75 Å². The molecule has 11 heteroatoms. The summed E-state index contributed by atoms with van der Waals surface area (Å²) in [4.78, 5) is 28.2. The van der Waals surface area contributed by atoms with Gasteiger partial charge in [-0.1, -0.05) is 48.4 Å². The SMILES string of the molecule is O=C(c1ccc(OCCCCC2CCN(C(=O)[C@](O)(c3ccccc3)C(F)(F)F)CC2)cc1Cl)N1CC[C@@H](O)C1. The molecule has 0 aromatic heterocycles. The van der Waals surface area contributed by atoms with Gasteiger partial charge in [0.1, 0.15) is 5.75 Å². The van der Waals surface area contributed by atoms with Crippen LogP contribution < -0.4 is 4.74 Å². The van der Waals surface area contributed by atoms with E-state index in [1.54, 1.807) is 23.1 Å². The first-order chi connectivity index (χ1) is 19.0. The van der Waals surface area contributed by atoms with E-state index in [-0.39, 0.29) is 29.9 Å². The van der Waals surface area contributed by atoms with Crippen molar-refractivity contribution >= 4 is 23.4 Å². The third-order valence-electron chi connectivity index (χ3n) is 7.71. The largest absolute Gasteiger partial charge is 0.494 e. The molecule has 2 fully saturated rings. The maximum absolute atomic E-state index is 13.8. The molecule has 7 nitrogen and oxygen atoms in total. The fourth-order valence-corrected chi connectivity index (χ4v) is 5.57. The second-order valence-corrected chi connectivity index (χ2v) is 10.9. The number of alkyl halides is 3. The van der Waals surface area contributed by atoms with Crippen LogP contribution in [0.2, 0.25) is 5.02 Å². The third kappa shape index (κ3) is 6.72. The zero-order valence-electron chi connectivity index (χ0n) is 22.1. The molecule has 218 valence electrons. The summed E-state index contributed by atoms with van der Waals surface area (Å²) >= 11 is 6.31. The van der Waals surface area contributed by atoms with Crippen LogP contribution >= 0.6 is 11.6 Å². The number of piperidine rings is 1. The first kappa shape index (κ1) is 30.1. The Labute approximate surface area is 236 Å². The minimum absolute atomic E-state index is 0.158. The average molecular weight is 583 g/mol. The molecule has 0 bridgehead atoms. The Morgan fingerprint density at radius 2 is 1.65 bits per heavy atom. The highest BCUT2D eigenvalue weighted by molar-refractivity contribution is 6.34. The van der Waals surface area contributed by atoms with Gasteiger partial charge in [0.25, 0.3) is 17.4 Å². The summed E-state index contributed by atoms with van der Waals surface area (Å²) in [5.41, 5.74) is -3.68. The molecule has 0 spiro atoms. The first-order valence-corrected chi connectivity index (χ1v) is 13.9. The van der Waals surface area contributed by atoms with Crippen molar-refractivity contribution in [1.82, 2.24) is 9.80 Å². The Kier molecular flexibility index (Phi) is 9.64. The highest BCUT2D eigenvalue weighted by atomic mass is 35.5. The van der Waals surface area contributed by atoms with Gasteiger partial charge in [0.2, 0.25) is 0 Å². The van der Waals surface area contributed by atoms with E-state index in [0.29, 0.717) is 50.3 Å². The smallest absolute Gasteiger partial charge is 0.430 e. The Morgan fingerprint density at radius 1 is 0.975 bits per heavy atom. The minimum atomic E-state index is -5.14. The molecule has 2 aromatic rings. The lowest BCUT2D eigenvalue weighted by Crippen LogP contribution is -2.57. The molecule has 2 aliphatic rings. The molecule has 0 aliphatic carbocycles. The Hall–Kier alpha value is -2.82. The van der Waals surface area contributed by atoms with Crippen molar-refractivity contribution in [2.75, 3.05) is 32.8 Å². The molecule has 2 N–H and O–H groups in total. The molecular weight excluding hydrogens is 549 g/mol. The van der Waals surface area contributed by atoms with Crippen LogP contribution in [-0.4, -0.2) is 76.9 Å². The van der Waals surface area contributed by atoms with Crippen molar-refractivity contribution in [1.29, 1.82) is 0 Å². The molecule has 2 aliphatic heterocycles. The topological polar surface area (TPSA) is 90.3 Å².